The molecule has 0 radical (unpaired) electrons. The molecular formula is C54H37N3S. The van der Waals surface area contributed by atoms with Crippen LogP contribution in [0.2, 0.25) is 0 Å². The third kappa shape index (κ3) is 5.33. The second kappa shape index (κ2) is 13.7. The van der Waals surface area contributed by atoms with E-state index in [9.17, 15) is 0 Å². The number of fused-ring (bicyclic) bond motifs is 9. The third-order valence-corrected chi connectivity index (χ3v) is 13.0. The van der Waals surface area contributed by atoms with Gasteiger partial charge in [0.25, 0.3) is 0 Å². The van der Waals surface area contributed by atoms with Gasteiger partial charge in [-0.15, -0.1) is 0 Å². The number of pyridine rings is 1. The van der Waals surface area contributed by atoms with Crippen LogP contribution in [0.4, 0.5) is 0 Å². The minimum atomic E-state index is -0.547. The van der Waals surface area contributed by atoms with Crippen molar-refractivity contribution in [1.82, 2.24) is 15.0 Å². The molecule has 0 N–H and O–H groups in total. The summed E-state index contributed by atoms with van der Waals surface area (Å²) in [4.78, 5) is 17.5. The van der Waals surface area contributed by atoms with Gasteiger partial charge in [0.05, 0.1) is 16.8 Å². The molecule has 9 aromatic rings. The number of rotatable bonds is 5. The zero-order chi connectivity index (χ0) is 38.8. The first-order chi connectivity index (χ1) is 28.6. The largest absolute Gasteiger partial charge is 0.264 e. The highest BCUT2D eigenvalue weighted by Gasteiger charge is 2.50. The van der Waals surface area contributed by atoms with Crippen LogP contribution in [0.5, 0.6) is 0 Å². The van der Waals surface area contributed by atoms with Gasteiger partial charge in [-0.2, -0.15) is 0 Å². The van der Waals surface area contributed by atoms with Gasteiger partial charge in [0.1, 0.15) is 0 Å². The Morgan fingerprint density at radius 2 is 0.948 bits per heavy atom. The van der Waals surface area contributed by atoms with Crippen LogP contribution in [0.15, 0.2) is 198 Å². The van der Waals surface area contributed by atoms with Crippen molar-refractivity contribution in [1.29, 1.82) is 0 Å². The Labute approximate surface area is 343 Å². The van der Waals surface area contributed by atoms with Crippen molar-refractivity contribution in [3.63, 3.8) is 0 Å². The number of aryl methyl sites for hydroxylation is 2. The second-order valence-corrected chi connectivity index (χ2v) is 16.3. The molecule has 274 valence electrons. The molecule has 7 aromatic carbocycles. The lowest BCUT2D eigenvalue weighted by Gasteiger charge is -2.40. The monoisotopic (exact) mass is 759 g/mol. The van der Waals surface area contributed by atoms with Crippen molar-refractivity contribution in [3.8, 4) is 67.3 Å². The fraction of sp³-hybridized carbons (Fsp3) is 0.0556. The molecule has 1 unspecified atom stereocenters. The van der Waals surface area contributed by atoms with Crippen molar-refractivity contribution in [2.24, 2.45) is 0 Å². The molecule has 0 amide bonds. The zero-order valence-corrected chi connectivity index (χ0v) is 33.0. The van der Waals surface area contributed by atoms with Crippen LogP contribution in [0.3, 0.4) is 0 Å². The Bertz CT molecular complexity index is 2990. The molecule has 3 nitrogen and oxygen atoms in total. The first-order valence-electron chi connectivity index (χ1n) is 19.8. The van der Waals surface area contributed by atoms with E-state index in [0.717, 1.165) is 28.1 Å². The number of nitrogens with zero attached hydrogens (tertiary/aromatic N) is 3. The maximum absolute atomic E-state index is 5.27. The highest BCUT2D eigenvalue weighted by molar-refractivity contribution is 7.99. The summed E-state index contributed by atoms with van der Waals surface area (Å²) in [6.45, 7) is 4.31. The highest BCUT2D eigenvalue weighted by Crippen LogP contribution is 2.63. The van der Waals surface area contributed by atoms with E-state index in [-0.39, 0.29) is 0 Å². The zero-order valence-electron chi connectivity index (χ0n) is 32.1. The van der Waals surface area contributed by atoms with Gasteiger partial charge in [-0.1, -0.05) is 157 Å². The minimum absolute atomic E-state index is 0.547. The van der Waals surface area contributed by atoms with Crippen LogP contribution in [0.1, 0.15) is 33.4 Å². The molecule has 1 aliphatic carbocycles. The standard InChI is InChI=1S/C54H37N3S/c1-34-32-55-33-35(2)52(34)42-21-10-9-19-40(42)38-25-27-45-43(29-38)41-20-11-12-22-44(41)54(45)46-23-13-14-24-50(46)58-51-28-26-39(30-47(51)54)53-56-48(36-15-5-3-6-16-36)31-49(57-53)37-17-7-4-8-18-37/h3-33H,1-2H3. The summed E-state index contributed by atoms with van der Waals surface area (Å²) in [5, 5.41) is 0. The van der Waals surface area contributed by atoms with Crippen LogP contribution < -0.4 is 0 Å². The predicted octanol–water partition coefficient (Wildman–Crippen LogP) is 13.7. The number of hydrogen-bond acceptors (Lipinski definition) is 4. The van der Waals surface area contributed by atoms with Gasteiger partial charge >= 0.3 is 0 Å². The molecule has 0 bridgehead atoms. The van der Waals surface area contributed by atoms with E-state index < -0.39 is 5.41 Å². The lowest BCUT2D eigenvalue weighted by Crippen LogP contribution is -2.32. The van der Waals surface area contributed by atoms with Crippen LogP contribution in [-0.2, 0) is 5.41 Å². The number of benzene rings is 7. The first-order valence-corrected chi connectivity index (χ1v) is 20.6. The van der Waals surface area contributed by atoms with Gasteiger partial charge in [-0.25, -0.2) is 9.97 Å². The normalized spacial score (nSPS) is 14.7. The van der Waals surface area contributed by atoms with Crippen LogP contribution in [0, 0.1) is 13.8 Å². The molecule has 2 aromatic heterocycles. The van der Waals surface area contributed by atoms with Crippen LogP contribution >= 0.6 is 11.8 Å². The second-order valence-electron chi connectivity index (χ2n) is 15.3. The SMILES string of the molecule is Cc1cncc(C)c1-c1ccccc1-c1ccc2c(c1)-c1ccccc1C21c2ccccc2Sc2ccc(-c3nc(-c4ccccc4)cc(-c4ccccc4)n3)cc21. The Morgan fingerprint density at radius 3 is 1.66 bits per heavy atom. The number of aromatic nitrogens is 3. The van der Waals surface area contributed by atoms with E-state index >= 15 is 0 Å². The number of hydrogen-bond donors (Lipinski definition) is 0. The van der Waals surface area contributed by atoms with E-state index in [4.69, 9.17) is 9.97 Å². The fourth-order valence-corrected chi connectivity index (χ4v) is 10.6. The van der Waals surface area contributed by atoms with Gasteiger partial charge in [0.15, 0.2) is 5.82 Å². The Balaban J connectivity index is 1.15. The molecule has 1 aliphatic heterocycles. The topological polar surface area (TPSA) is 38.7 Å². The Morgan fingerprint density at radius 1 is 0.397 bits per heavy atom. The molecule has 1 spiro atoms. The third-order valence-electron chi connectivity index (χ3n) is 11.9. The van der Waals surface area contributed by atoms with Crippen molar-refractivity contribution in [3.05, 3.63) is 222 Å². The fourth-order valence-electron chi connectivity index (χ4n) is 9.38. The van der Waals surface area contributed by atoms with Gasteiger partial charge in [-0.05, 0) is 111 Å². The summed E-state index contributed by atoms with van der Waals surface area (Å²) in [5.74, 6) is 0.710. The van der Waals surface area contributed by atoms with Gasteiger partial charge < -0.3 is 0 Å². The summed E-state index contributed by atoms with van der Waals surface area (Å²) < 4.78 is 0. The molecule has 4 heteroatoms. The summed E-state index contributed by atoms with van der Waals surface area (Å²) >= 11 is 1.85. The Hall–Kier alpha value is -6.88. The maximum atomic E-state index is 5.27. The van der Waals surface area contributed by atoms with Crippen molar-refractivity contribution in [2.75, 3.05) is 0 Å². The van der Waals surface area contributed by atoms with Gasteiger partial charge in [0, 0.05) is 38.9 Å². The minimum Gasteiger partial charge on any atom is -0.264 e. The maximum Gasteiger partial charge on any atom is 0.160 e. The quantitative estimate of drug-likeness (QED) is 0.175. The molecule has 58 heavy (non-hydrogen) atoms. The highest BCUT2D eigenvalue weighted by atomic mass is 32.2. The van der Waals surface area contributed by atoms with E-state index in [1.165, 1.54) is 76.6 Å². The lowest BCUT2D eigenvalue weighted by atomic mass is 9.67. The molecule has 3 heterocycles. The van der Waals surface area contributed by atoms with Crippen molar-refractivity contribution < 1.29 is 0 Å². The molecule has 1 atom stereocenters. The molecule has 11 rings (SSSR count). The van der Waals surface area contributed by atoms with E-state index in [0.29, 0.717) is 5.82 Å². The smallest absolute Gasteiger partial charge is 0.160 e. The molecule has 0 fully saturated rings. The molecule has 2 aliphatic rings. The first kappa shape index (κ1) is 34.4. The summed E-state index contributed by atoms with van der Waals surface area (Å²) in [7, 11) is 0. The molecule has 0 saturated heterocycles. The Kier molecular flexibility index (Phi) is 8.09. The summed E-state index contributed by atoms with van der Waals surface area (Å²) in [6.07, 6.45) is 3.94. The lowest BCUT2D eigenvalue weighted by molar-refractivity contribution is 0.722. The van der Waals surface area contributed by atoms with Crippen LogP contribution in [0.25, 0.3) is 67.3 Å². The summed E-state index contributed by atoms with van der Waals surface area (Å²) in [5.41, 5.74) is 19.3. The average Bonchev–Trinajstić information content (AvgIpc) is 3.57. The van der Waals surface area contributed by atoms with Crippen molar-refractivity contribution in [2.45, 2.75) is 29.1 Å². The van der Waals surface area contributed by atoms with E-state index in [2.05, 4.69) is 183 Å². The van der Waals surface area contributed by atoms with Crippen molar-refractivity contribution >= 4 is 11.8 Å². The van der Waals surface area contributed by atoms with Gasteiger partial charge in [-0.3, -0.25) is 4.98 Å². The molecule has 0 saturated carbocycles. The average molecular weight is 760 g/mol. The molecular weight excluding hydrogens is 723 g/mol. The van der Waals surface area contributed by atoms with E-state index in [1.807, 2.05) is 36.3 Å². The van der Waals surface area contributed by atoms with E-state index in [1.54, 1.807) is 0 Å². The van der Waals surface area contributed by atoms with Gasteiger partial charge in [0.2, 0.25) is 0 Å². The predicted molar refractivity (Wildman–Crippen MR) is 238 cm³/mol. The van der Waals surface area contributed by atoms with Crippen LogP contribution in [-0.4, -0.2) is 15.0 Å². The summed E-state index contributed by atoms with van der Waals surface area (Å²) in [6, 6.07) is 63.8.